The highest BCUT2D eigenvalue weighted by molar-refractivity contribution is 7.89. The molecule has 0 saturated carbocycles. The summed E-state index contributed by atoms with van der Waals surface area (Å²) >= 11 is 0. The van der Waals surface area contributed by atoms with Crippen LogP contribution in [-0.4, -0.2) is 37.9 Å². The van der Waals surface area contributed by atoms with Gasteiger partial charge in [0.15, 0.2) is 0 Å². The van der Waals surface area contributed by atoms with Gasteiger partial charge in [-0.1, -0.05) is 35.4 Å². The summed E-state index contributed by atoms with van der Waals surface area (Å²) in [7, 11) is -3.58. The smallest absolute Gasteiger partial charge is 0.414 e. The average molecular weight is 429 g/mol. The van der Waals surface area contributed by atoms with Crippen molar-refractivity contribution in [2.75, 3.05) is 18.0 Å². The molecular formula is C23H28N2O4S. The molecule has 7 heteroatoms. The van der Waals surface area contributed by atoms with Crippen LogP contribution in [0, 0.1) is 27.7 Å². The van der Waals surface area contributed by atoms with Crippen molar-refractivity contribution in [3.05, 3.63) is 58.1 Å². The topological polar surface area (TPSA) is 66.9 Å². The Morgan fingerprint density at radius 3 is 2.20 bits per heavy atom. The number of benzene rings is 2. The van der Waals surface area contributed by atoms with E-state index in [1.807, 2.05) is 58.0 Å². The van der Waals surface area contributed by atoms with E-state index >= 15 is 0 Å². The van der Waals surface area contributed by atoms with Crippen molar-refractivity contribution in [1.82, 2.24) is 4.31 Å². The third-order valence-corrected chi connectivity index (χ3v) is 8.24. The highest BCUT2D eigenvalue weighted by Crippen LogP contribution is 2.34. The number of carbonyl (C=O) groups excluding carboxylic acids is 1. The van der Waals surface area contributed by atoms with Gasteiger partial charge in [0.05, 0.1) is 10.6 Å². The molecule has 160 valence electrons. The van der Waals surface area contributed by atoms with E-state index in [0.29, 0.717) is 30.8 Å². The summed E-state index contributed by atoms with van der Waals surface area (Å²) in [5, 5.41) is 0. The minimum Gasteiger partial charge on any atom is -0.444 e. The molecule has 1 amide bonds. The van der Waals surface area contributed by atoms with E-state index in [0.717, 1.165) is 33.5 Å². The number of hydrogen-bond acceptors (Lipinski definition) is 4. The first-order chi connectivity index (χ1) is 14.2. The molecule has 2 aliphatic heterocycles. The van der Waals surface area contributed by atoms with Crippen molar-refractivity contribution in [2.45, 2.75) is 58.1 Å². The number of ether oxygens (including phenoxy) is 1. The lowest BCUT2D eigenvalue weighted by Crippen LogP contribution is -2.50. The molecule has 0 unspecified atom stereocenters. The molecule has 0 aromatic heterocycles. The van der Waals surface area contributed by atoms with Gasteiger partial charge < -0.3 is 4.74 Å². The number of hydrogen-bond donors (Lipinski definition) is 0. The van der Waals surface area contributed by atoms with Crippen LogP contribution in [0.2, 0.25) is 0 Å². The van der Waals surface area contributed by atoms with Gasteiger partial charge in [-0.15, -0.1) is 0 Å². The van der Waals surface area contributed by atoms with E-state index in [9.17, 15) is 13.2 Å². The summed E-state index contributed by atoms with van der Waals surface area (Å²) in [5.41, 5.74) is 5.60. The first kappa shape index (κ1) is 20.9. The number of nitrogens with zero attached hydrogens (tertiary/aromatic N) is 2. The number of rotatable bonds is 3. The summed E-state index contributed by atoms with van der Waals surface area (Å²) < 4.78 is 33.6. The molecule has 0 radical (unpaired) electrons. The van der Waals surface area contributed by atoms with E-state index in [2.05, 4.69) is 0 Å². The summed E-state index contributed by atoms with van der Waals surface area (Å²) in [6, 6.07) is 9.74. The van der Waals surface area contributed by atoms with Crippen molar-refractivity contribution < 1.29 is 17.9 Å². The molecule has 0 spiro atoms. The minimum absolute atomic E-state index is 0.0779. The van der Waals surface area contributed by atoms with E-state index < -0.39 is 10.0 Å². The van der Waals surface area contributed by atoms with Gasteiger partial charge in [0.1, 0.15) is 6.61 Å². The van der Waals surface area contributed by atoms with Crippen molar-refractivity contribution in [3.8, 4) is 0 Å². The zero-order valence-electron chi connectivity index (χ0n) is 17.9. The van der Waals surface area contributed by atoms with Gasteiger partial charge in [-0.2, -0.15) is 4.31 Å². The van der Waals surface area contributed by atoms with Crippen LogP contribution < -0.4 is 4.90 Å². The van der Waals surface area contributed by atoms with E-state index in [1.165, 1.54) is 0 Å². The Morgan fingerprint density at radius 1 is 0.933 bits per heavy atom. The molecule has 2 aliphatic rings. The Hall–Kier alpha value is -2.38. The number of sulfonamides is 1. The first-order valence-corrected chi connectivity index (χ1v) is 11.8. The van der Waals surface area contributed by atoms with Crippen LogP contribution in [0.25, 0.3) is 0 Å². The van der Waals surface area contributed by atoms with Crippen LogP contribution in [0.1, 0.15) is 40.7 Å². The fraction of sp³-hybridized carbons (Fsp3) is 0.435. The van der Waals surface area contributed by atoms with Crippen LogP contribution in [0.3, 0.4) is 0 Å². The molecule has 1 saturated heterocycles. The third kappa shape index (κ3) is 3.61. The fourth-order valence-electron chi connectivity index (χ4n) is 4.76. The van der Waals surface area contributed by atoms with Gasteiger partial charge in [0.2, 0.25) is 10.0 Å². The number of cyclic esters (lactones) is 1. The molecule has 2 aromatic rings. The second-order valence-corrected chi connectivity index (χ2v) is 10.3. The molecule has 30 heavy (non-hydrogen) atoms. The molecule has 6 nitrogen and oxygen atoms in total. The SMILES string of the molecule is Cc1cc(C)c(S(=O)(=O)N2CCC(N3C(=O)OCc4cc(C)ccc43)CC2)c(C)c1. The molecule has 0 aliphatic carbocycles. The maximum Gasteiger partial charge on any atom is 0.414 e. The largest absolute Gasteiger partial charge is 0.444 e. The highest BCUT2D eigenvalue weighted by Gasteiger charge is 2.37. The summed E-state index contributed by atoms with van der Waals surface area (Å²) in [6.07, 6.45) is 0.801. The number of carbonyl (C=O) groups is 1. The molecule has 0 atom stereocenters. The lowest BCUT2D eigenvalue weighted by molar-refractivity contribution is 0.135. The van der Waals surface area contributed by atoms with Gasteiger partial charge in [0, 0.05) is 24.7 Å². The van der Waals surface area contributed by atoms with Gasteiger partial charge in [-0.25, -0.2) is 13.2 Å². The Kier molecular flexibility index (Phi) is 5.36. The van der Waals surface area contributed by atoms with Gasteiger partial charge in [-0.05, 0) is 57.7 Å². The van der Waals surface area contributed by atoms with Gasteiger partial charge in [-0.3, -0.25) is 4.90 Å². The number of aryl methyl sites for hydroxylation is 4. The third-order valence-electron chi connectivity index (χ3n) is 6.03. The fourth-order valence-corrected chi connectivity index (χ4v) is 6.64. The van der Waals surface area contributed by atoms with Crippen LogP contribution >= 0.6 is 0 Å². The monoisotopic (exact) mass is 428 g/mol. The lowest BCUT2D eigenvalue weighted by atomic mass is 10.0. The van der Waals surface area contributed by atoms with Crippen LogP contribution in [0.5, 0.6) is 0 Å². The Labute approximate surface area is 178 Å². The second kappa shape index (κ2) is 7.71. The van der Waals surface area contributed by atoms with Crippen molar-refractivity contribution in [1.29, 1.82) is 0 Å². The second-order valence-electron chi connectivity index (χ2n) is 8.42. The molecule has 1 fully saturated rings. The van der Waals surface area contributed by atoms with E-state index in [1.54, 1.807) is 9.21 Å². The van der Waals surface area contributed by atoms with Gasteiger partial charge in [0.25, 0.3) is 0 Å². The minimum atomic E-state index is -3.58. The van der Waals surface area contributed by atoms with E-state index in [4.69, 9.17) is 4.74 Å². The number of amides is 1. The Balaban J connectivity index is 1.56. The normalized spacial score (nSPS) is 18.3. The first-order valence-electron chi connectivity index (χ1n) is 10.3. The molecule has 4 rings (SSSR count). The van der Waals surface area contributed by atoms with Gasteiger partial charge >= 0.3 is 6.09 Å². The summed E-state index contributed by atoms with van der Waals surface area (Å²) in [5.74, 6) is 0. The number of piperidine rings is 1. The van der Waals surface area contributed by atoms with Crippen LogP contribution in [0.15, 0.2) is 35.2 Å². The summed E-state index contributed by atoms with van der Waals surface area (Å²) in [6.45, 7) is 8.73. The summed E-state index contributed by atoms with van der Waals surface area (Å²) in [4.78, 5) is 14.7. The quantitative estimate of drug-likeness (QED) is 0.734. The molecular weight excluding hydrogens is 400 g/mol. The maximum atomic E-state index is 13.3. The van der Waals surface area contributed by atoms with Crippen molar-refractivity contribution in [3.63, 3.8) is 0 Å². The maximum absolute atomic E-state index is 13.3. The average Bonchev–Trinajstić information content (AvgIpc) is 2.67. The standard InChI is InChI=1S/C23H28N2O4S/c1-15-5-6-21-19(13-15)14-29-23(26)25(21)20-7-9-24(10-8-20)30(27,28)22-17(3)11-16(2)12-18(22)4/h5-6,11-13,20H,7-10,14H2,1-4H3. The predicted molar refractivity (Wildman–Crippen MR) is 116 cm³/mol. The van der Waals surface area contributed by atoms with Crippen molar-refractivity contribution in [2.24, 2.45) is 0 Å². The molecule has 2 heterocycles. The zero-order valence-corrected chi connectivity index (χ0v) is 18.8. The predicted octanol–water partition coefficient (Wildman–Crippen LogP) is 4.23. The van der Waals surface area contributed by atoms with E-state index in [-0.39, 0.29) is 18.7 Å². The number of anilines is 1. The molecule has 0 N–H and O–H groups in total. The highest BCUT2D eigenvalue weighted by atomic mass is 32.2. The van der Waals surface area contributed by atoms with Crippen LogP contribution in [0.4, 0.5) is 10.5 Å². The van der Waals surface area contributed by atoms with Crippen LogP contribution in [-0.2, 0) is 21.4 Å². The Morgan fingerprint density at radius 2 is 1.57 bits per heavy atom. The number of fused-ring (bicyclic) bond motifs is 1. The Bertz CT molecular complexity index is 1080. The molecule has 2 aromatic carbocycles. The zero-order chi connectivity index (χ0) is 21.6. The molecule has 0 bridgehead atoms. The lowest BCUT2D eigenvalue weighted by Gasteiger charge is -2.40. The van der Waals surface area contributed by atoms with Crippen molar-refractivity contribution >= 4 is 21.8 Å².